The average Bonchev–Trinajstić information content (AvgIpc) is 2.10. The van der Waals surface area contributed by atoms with Crippen molar-refractivity contribution in [2.24, 2.45) is 16.6 Å². The summed E-state index contributed by atoms with van der Waals surface area (Å²) in [7, 11) is 0. The van der Waals surface area contributed by atoms with Gasteiger partial charge in [0, 0.05) is 20.0 Å². The van der Waals surface area contributed by atoms with E-state index >= 15 is 0 Å². The molecule has 0 fully saturated rings. The maximum Gasteiger partial charge on any atom is 0.216 e. The summed E-state index contributed by atoms with van der Waals surface area (Å²) in [5, 5.41) is 2.69. The van der Waals surface area contributed by atoms with Crippen LogP contribution in [-0.4, -0.2) is 25.0 Å². The zero-order chi connectivity index (χ0) is 10.1. The van der Waals surface area contributed by atoms with Gasteiger partial charge >= 0.3 is 0 Å². The van der Waals surface area contributed by atoms with Crippen LogP contribution in [0.15, 0.2) is 4.99 Å². The van der Waals surface area contributed by atoms with E-state index in [0.717, 1.165) is 12.8 Å². The van der Waals surface area contributed by atoms with Crippen LogP contribution in [0, 0.1) is 0 Å². The molecule has 0 aliphatic rings. The van der Waals surface area contributed by atoms with Crippen LogP contribution >= 0.6 is 0 Å². The first kappa shape index (κ1) is 11.7. The molecular formula is C7H17N5O. The predicted octanol–water partition coefficient (Wildman–Crippen LogP) is -1.32. The Kier molecular flexibility index (Phi) is 6.62. The van der Waals surface area contributed by atoms with Crippen molar-refractivity contribution in [2.45, 2.75) is 19.8 Å². The summed E-state index contributed by atoms with van der Waals surface area (Å²) in [5.41, 5.74) is 7.51. The third kappa shape index (κ3) is 8.61. The lowest BCUT2D eigenvalue weighted by atomic mass is 10.3. The lowest BCUT2D eigenvalue weighted by Gasteiger charge is -2.00. The van der Waals surface area contributed by atoms with Crippen molar-refractivity contribution in [1.82, 2.24) is 10.7 Å². The second-order valence-electron chi connectivity index (χ2n) is 2.60. The number of nitrogens with zero attached hydrogens (tertiary/aromatic N) is 1. The highest BCUT2D eigenvalue weighted by Gasteiger charge is 1.90. The van der Waals surface area contributed by atoms with Gasteiger partial charge in [0.1, 0.15) is 0 Å². The highest BCUT2D eigenvalue weighted by atomic mass is 16.1. The van der Waals surface area contributed by atoms with Gasteiger partial charge in [0.25, 0.3) is 0 Å². The topological polar surface area (TPSA) is 106 Å². The SMILES string of the molecule is CC(=O)NCCCCN=C(N)NN. The first-order chi connectivity index (χ1) is 6.16. The van der Waals surface area contributed by atoms with Crippen LogP contribution in [0.4, 0.5) is 0 Å². The molecule has 1 amide bonds. The first-order valence-corrected chi connectivity index (χ1v) is 4.17. The summed E-state index contributed by atoms with van der Waals surface area (Å²) in [6.07, 6.45) is 1.77. The van der Waals surface area contributed by atoms with Crippen molar-refractivity contribution in [3.63, 3.8) is 0 Å². The molecule has 0 radical (unpaired) electrons. The van der Waals surface area contributed by atoms with Crippen molar-refractivity contribution in [1.29, 1.82) is 0 Å². The Morgan fingerprint density at radius 1 is 1.46 bits per heavy atom. The Labute approximate surface area is 77.7 Å². The number of guanidine groups is 1. The molecule has 6 N–H and O–H groups in total. The normalized spacial score (nSPS) is 11.1. The van der Waals surface area contributed by atoms with Crippen LogP contribution in [0.1, 0.15) is 19.8 Å². The van der Waals surface area contributed by atoms with Gasteiger partial charge in [-0.3, -0.25) is 15.2 Å². The van der Waals surface area contributed by atoms with Gasteiger partial charge in [-0.05, 0) is 12.8 Å². The van der Waals surface area contributed by atoms with E-state index in [0.29, 0.717) is 13.1 Å². The van der Waals surface area contributed by atoms with Crippen LogP contribution in [-0.2, 0) is 4.79 Å². The summed E-state index contributed by atoms with van der Waals surface area (Å²) in [5.74, 6) is 5.22. The van der Waals surface area contributed by atoms with E-state index in [9.17, 15) is 4.79 Å². The number of aliphatic imine (C=N–C) groups is 1. The maximum absolute atomic E-state index is 10.4. The van der Waals surface area contributed by atoms with E-state index < -0.39 is 0 Å². The molecule has 0 saturated heterocycles. The second kappa shape index (κ2) is 7.35. The summed E-state index contributed by atoms with van der Waals surface area (Å²) >= 11 is 0. The van der Waals surface area contributed by atoms with Gasteiger partial charge < -0.3 is 11.1 Å². The van der Waals surface area contributed by atoms with Crippen LogP contribution < -0.4 is 22.3 Å². The Bertz CT molecular complexity index is 180. The molecule has 0 aromatic rings. The van der Waals surface area contributed by atoms with E-state index in [-0.39, 0.29) is 11.9 Å². The van der Waals surface area contributed by atoms with E-state index in [1.165, 1.54) is 6.92 Å². The second-order valence-corrected chi connectivity index (χ2v) is 2.60. The summed E-state index contributed by atoms with van der Waals surface area (Å²) in [6, 6.07) is 0. The van der Waals surface area contributed by atoms with Crippen molar-refractivity contribution in [3.05, 3.63) is 0 Å². The van der Waals surface area contributed by atoms with Gasteiger partial charge in [-0.15, -0.1) is 0 Å². The number of hydrazine groups is 1. The van der Waals surface area contributed by atoms with Crippen molar-refractivity contribution in [2.75, 3.05) is 13.1 Å². The van der Waals surface area contributed by atoms with Crippen LogP contribution in [0.3, 0.4) is 0 Å². The molecular weight excluding hydrogens is 170 g/mol. The third-order valence-corrected chi connectivity index (χ3v) is 1.39. The van der Waals surface area contributed by atoms with Crippen molar-refractivity contribution >= 4 is 11.9 Å². The third-order valence-electron chi connectivity index (χ3n) is 1.39. The zero-order valence-electron chi connectivity index (χ0n) is 7.84. The van der Waals surface area contributed by atoms with Gasteiger partial charge in [0.05, 0.1) is 0 Å². The molecule has 0 spiro atoms. The number of nitrogens with two attached hydrogens (primary N) is 2. The predicted molar refractivity (Wildman–Crippen MR) is 51.7 cm³/mol. The zero-order valence-corrected chi connectivity index (χ0v) is 7.84. The van der Waals surface area contributed by atoms with Gasteiger partial charge in [-0.1, -0.05) is 0 Å². The smallest absolute Gasteiger partial charge is 0.216 e. The highest BCUT2D eigenvalue weighted by molar-refractivity contribution is 5.77. The first-order valence-electron chi connectivity index (χ1n) is 4.17. The highest BCUT2D eigenvalue weighted by Crippen LogP contribution is 1.87. The summed E-state index contributed by atoms with van der Waals surface area (Å²) in [6.45, 7) is 2.80. The van der Waals surface area contributed by atoms with Crippen LogP contribution in [0.5, 0.6) is 0 Å². The summed E-state index contributed by atoms with van der Waals surface area (Å²) in [4.78, 5) is 14.4. The number of unbranched alkanes of at least 4 members (excludes halogenated alkanes) is 1. The van der Waals surface area contributed by atoms with Gasteiger partial charge in [0.15, 0.2) is 0 Å². The molecule has 0 heterocycles. The number of carbonyl (C=O) groups is 1. The molecule has 6 nitrogen and oxygen atoms in total. The van der Waals surface area contributed by atoms with Crippen LogP contribution in [0.2, 0.25) is 0 Å². The molecule has 0 aromatic carbocycles. The van der Waals surface area contributed by atoms with Gasteiger partial charge in [-0.25, -0.2) is 5.84 Å². The lowest BCUT2D eigenvalue weighted by molar-refractivity contribution is -0.118. The fourth-order valence-electron chi connectivity index (χ4n) is 0.746. The van der Waals surface area contributed by atoms with Crippen molar-refractivity contribution < 1.29 is 4.79 Å². The molecule has 13 heavy (non-hydrogen) atoms. The molecule has 0 aromatic heterocycles. The molecule has 0 unspecified atom stereocenters. The molecule has 0 aliphatic carbocycles. The number of nitrogens with one attached hydrogen (secondary N) is 2. The average molecular weight is 187 g/mol. The minimum atomic E-state index is -0.00774. The fourth-order valence-corrected chi connectivity index (χ4v) is 0.746. The van der Waals surface area contributed by atoms with E-state index in [1.54, 1.807) is 0 Å². The van der Waals surface area contributed by atoms with E-state index in [4.69, 9.17) is 11.6 Å². The number of carbonyl (C=O) groups excluding carboxylic acids is 1. The van der Waals surface area contributed by atoms with E-state index in [1.807, 2.05) is 0 Å². The monoisotopic (exact) mass is 187 g/mol. The van der Waals surface area contributed by atoms with Gasteiger partial charge in [0.2, 0.25) is 11.9 Å². The Balaban J connectivity index is 3.21. The molecule has 0 saturated carbocycles. The molecule has 0 atom stereocenters. The molecule has 0 rings (SSSR count). The number of rotatable bonds is 5. The largest absolute Gasteiger partial charge is 0.369 e. The van der Waals surface area contributed by atoms with Crippen LogP contribution in [0.25, 0.3) is 0 Å². The quantitative estimate of drug-likeness (QED) is 0.141. The van der Waals surface area contributed by atoms with Crippen molar-refractivity contribution in [3.8, 4) is 0 Å². The Morgan fingerprint density at radius 2 is 2.15 bits per heavy atom. The molecule has 0 bridgehead atoms. The standard InChI is InChI=1S/C7H17N5O/c1-6(13)10-4-2-3-5-11-7(8)12-9/h2-5,9H2,1H3,(H,10,13)(H3,8,11,12). The Morgan fingerprint density at radius 3 is 2.69 bits per heavy atom. The fraction of sp³-hybridized carbons (Fsp3) is 0.714. The van der Waals surface area contributed by atoms with E-state index in [2.05, 4.69) is 15.7 Å². The van der Waals surface area contributed by atoms with Gasteiger partial charge in [-0.2, -0.15) is 0 Å². The minimum Gasteiger partial charge on any atom is -0.369 e. The maximum atomic E-state index is 10.4. The molecule has 6 heteroatoms. The summed E-state index contributed by atoms with van der Waals surface area (Å²) < 4.78 is 0. The Hall–Kier alpha value is -1.30. The molecule has 0 aliphatic heterocycles. The number of hydrogen-bond donors (Lipinski definition) is 4. The minimum absolute atomic E-state index is 0.00774. The number of hydrogen-bond acceptors (Lipinski definition) is 3. The molecule has 76 valence electrons. The number of amides is 1. The lowest BCUT2D eigenvalue weighted by Crippen LogP contribution is -2.37.